The molecule has 1 aromatic carbocycles. The van der Waals surface area contributed by atoms with E-state index < -0.39 is 9.84 Å². The maximum absolute atomic E-state index is 12.0. The van der Waals surface area contributed by atoms with Crippen molar-refractivity contribution in [3.63, 3.8) is 0 Å². The van der Waals surface area contributed by atoms with Gasteiger partial charge in [0, 0.05) is 0 Å². The van der Waals surface area contributed by atoms with Crippen molar-refractivity contribution in [3.05, 3.63) is 59.9 Å². The molecule has 2 nitrogen and oxygen atoms in total. The molecule has 76 valence electrons. The third-order valence-corrected chi connectivity index (χ3v) is 3.98. The molecule has 2 rings (SSSR count). The summed E-state index contributed by atoms with van der Waals surface area (Å²) in [5.74, 6) is 0. The quantitative estimate of drug-likeness (QED) is 0.763. The third-order valence-electron chi connectivity index (χ3n) is 2.16. The molecule has 0 amide bonds. The van der Waals surface area contributed by atoms with Crippen molar-refractivity contribution in [1.29, 1.82) is 0 Å². The third kappa shape index (κ3) is 2.02. The molecule has 1 aromatic rings. The molecule has 1 aliphatic carbocycles. The summed E-state index contributed by atoms with van der Waals surface area (Å²) in [5.41, 5.74) is 0. The molecule has 3 heteroatoms. The van der Waals surface area contributed by atoms with E-state index in [1.54, 1.807) is 42.5 Å². The van der Waals surface area contributed by atoms with Crippen molar-refractivity contribution in [1.82, 2.24) is 0 Å². The Balaban J connectivity index is 2.44. The fourth-order valence-electron chi connectivity index (χ4n) is 1.38. The van der Waals surface area contributed by atoms with Crippen LogP contribution in [-0.4, -0.2) is 8.42 Å². The Bertz CT molecular complexity index is 496. The van der Waals surface area contributed by atoms with E-state index >= 15 is 0 Å². The van der Waals surface area contributed by atoms with E-state index in [0.29, 0.717) is 16.2 Å². The number of benzene rings is 1. The van der Waals surface area contributed by atoms with Gasteiger partial charge in [0.2, 0.25) is 9.84 Å². The predicted octanol–water partition coefficient (Wildman–Crippen LogP) is 2.31. The molecule has 0 unspecified atom stereocenters. The summed E-state index contributed by atoms with van der Waals surface area (Å²) in [5, 5.41) is 0. The van der Waals surface area contributed by atoms with Crippen LogP contribution in [0.5, 0.6) is 0 Å². The molecule has 15 heavy (non-hydrogen) atoms. The molecule has 0 heterocycles. The predicted molar refractivity (Wildman–Crippen MR) is 58.6 cm³/mol. The first-order valence-electron chi connectivity index (χ1n) is 4.62. The molecule has 0 saturated heterocycles. The van der Waals surface area contributed by atoms with Gasteiger partial charge in [0.1, 0.15) is 0 Å². The van der Waals surface area contributed by atoms with Crippen LogP contribution in [0.4, 0.5) is 0 Å². The lowest BCUT2D eigenvalue weighted by molar-refractivity contribution is 0.602. The van der Waals surface area contributed by atoms with Crippen molar-refractivity contribution in [2.24, 2.45) is 0 Å². The van der Waals surface area contributed by atoms with Crippen molar-refractivity contribution < 1.29 is 8.42 Å². The van der Waals surface area contributed by atoms with Crippen molar-refractivity contribution in [2.45, 2.75) is 11.3 Å². The Morgan fingerprint density at radius 3 is 2.53 bits per heavy atom. The average molecular weight is 218 g/mol. The van der Waals surface area contributed by atoms with E-state index in [2.05, 4.69) is 6.07 Å². The summed E-state index contributed by atoms with van der Waals surface area (Å²) < 4.78 is 24.1. The molecule has 0 spiro atoms. The second-order valence-electron chi connectivity index (χ2n) is 3.18. The van der Waals surface area contributed by atoms with Crippen molar-refractivity contribution >= 4 is 9.84 Å². The summed E-state index contributed by atoms with van der Waals surface area (Å²) in [6.45, 7) is 0. The summed E-state index contributed by atoms with van der Waals surface area (Å²) in [6, 6.07) is 9.12. The van der Waals surface area contributed by atoms with Gasteiger partial charge in [-0.2, -0.15) is 0 Å². The first-order valence-corrected chi connectivity index (χ1v) is 6.11. The Labute approximate surface area is 89.9 Å². The van der Waals surface area contributed by atoms with Crippen molar-refractivity contribution in [3.8, 4) is 0 Å². The van der Waals surface area contributed by atoms with Crippen LogP contribution in [0.2, 0.25) is 0 Å². The number of sulfone groups is 1. The highest BCUT2D eigenvalue weighted by Gasteiger charge is 2.18. The molecular formula is C12H10O2S. The number of allylic oxidation sites excluding steroid dienone is 3. The minimum atomic E-state index is -3.33. The average Bonchev–Trinajstić information content (AvgIpc) is 2.31. The number of hydrogen-bond donors (Lipinski definition) is 0. The highest BCUT2D eigenvalue weighted by Crippen LogP contribution is 2.22. The van der Waals surface area contributed by atoms with E-state index in [1.165, 1.54) is 0 Å². The van der Waals surface area contributed by atoms with E-state index in [4.69, 9.17) is 0 Å². The van der Waals surface area contributed by atoms with Gasteiger partial charge in [-0.05, 0) is 37.1 Å². The van der Waals surface area contributed by atoms with Gasteiger partial charge in [0.25, 0.3) is 0 Å². The summed E-state index contributed by atoms with van der Waals surface area (Å²) >= 11 is 0. The Morgan fingerprint density at radius 2 is 1.93 bits per heavy atom. The molecule has 0 aliphatic heterocycles. The highest BCUT2D eigenvalue weighted by atomic mass is 32.2. The number of rotatable bonds is 2. The monoisotopic (exact) mass is 218 g/mol. The molecule has 0 N–H and O–H groups in total. The van der Waals surface area contributed by atoms with Crippen LogP contribution in [0.25, 0.3) is 0 Å². The highest BCUT2D eigenvalue weighted by molar-refractivity contribution is 7.95. The molecule has 0 aromatic heterocycles. The first-order chi connectivity index (χ1) is 7.21. The van der Waals surface area contributed by atoms with Crippen LogP contribution in [0, 0.1) is 12.5 Å². The molecule has 0 bridgehead atoms. The first kappa shape index (κ1) is 10.2. The largest absolute Gasteiger partial charge is 0.219 e. The van der Waals surface area contributed by atoms with Crippen LogP contribution in [0.15, 0.2) is 52.3 Å². The minimum Gasteiger partial charge on any atom is -0.219 e. The van der Waals surface area contributed by atoms with Crippen LogP contribution in [-0.2, 0) is 9.84 Å². The summed E-state index contributed by atoms with van der Waals surface area (Å²) in [7, 11) is -3.33. The van der Waals surface area contributed by atoms with E-state index in [-0.39, 0.29) is 0 Å². The molecule has 0 atom stereocenters. The zero-order valence-electron chi connectivity index (χ0n) is 8.05. The lowest BCUT2D eigenvalue weighted by atomic mass is 10.2. The molecule has 1 aliphatic rings. The van der Waals surface area contributed by atoms with Crippen LogP contribution < -0.4 is 0 Å². The zero-order chi connectivity index (χ0) is 10.7. The SMILES string of the molecule is O=S(=O)(C1=CC[CH]C=C1)c1cc[c]cc1. The molecule has 0 saturated carbocycles. The Hall–Kier alpha value is -1.35. The fourth-order valence-corrected chi connectivity index (χ4v) is 2.72. The van der Waals surface area contributed by atoms with Gasteiger partial charge in [0.05, 0.1) is 9.80 Å². The van der Waals surface area contributed by atoms with Gasteiger partial charge in [-0.3, -0.25) is 0 Å². The molecule has 2 radical (unpaired) electrons. The maximum Gasteiger partial charge on any atom is 0.206 e. The van der Waals surface area contributed by atoms with Crippen LogP contribution >= 0.6 is 0 Å². The van der Waals surface area contributed by atoms with E-state index in [0.717, 1.165) is 0 Å². The normalized spacial score (nSPS) is 16.1. The van der Waals surface area contributed by atoms with Gasteiger partial charge in [0.15, 0.2) is 0 Å². The second kappa shape index (κ2) is 4.03. The van der Waals surface area contributed by atoms with Crippen molar-refractivity contribution in [2.75, 3.05) is 0 Å². The van der Waals surface area contributed by atoms with Gasteiger partial charge in [-0.25, -0.2) is 8.42 Å². The van der Waals surface area contributed by atoms with Gasteiger partial charge in [-0.15, -0.1) is 0 Å². The Kier molecular flexibility index (Phi) is 2.73. The van der Waals surface area contributed by atoms with Crippen LogP contribution in [0.1, 0.15) is 6.42 Å². The van der Waals surface area contributed by atoms with Gasteiger partial charge >= 0.3 is 0 Å². The molecule has 0 fully saturated rings. The fraction of sp³-hybridized carbons (Fsp3) is 0.0833. The topological polar surface area (TPSA) is 34.1 Å². The minimum absolute atomic E-state index is 0.319. The summed E-state index contributed by atoms with van der Waals surface area (Å²) in [6.07, 6.45) is 7.69. The number of hydrogen-bond acceptors (Lipinski definition) is 2. The lowest BCUT2D eigenvalue weighted by Crippen LogP contribution is -2.04. The molecular weight excluding hydrogens is 208 g/mol. The lowest BCUT2D eigenvalue weighted by Gasteiger charge is -2.07. The zero-order valence-corrected chi connectivity index (χ0v) is 8.87. The Morgan fingerprint density at radius 1 is 1.20 bits per heavy atom. The van der Waals surface area contributed by atoms with Crippen LogP contribution in [0.3, 0.4) is 0 Å². The smallest absolute Gasteiger partial charge is 0.206 e. The maximum atomic E-state index is 12.0. The summed E-state index contributed by atoms with van der Waals surface area (Å²) in [4.78, 5) is 0.690. The van der Waals surface area contributed by atoms with Gasteiger partial charge < -0.3 is 0 Å². The van der Waals surface area contributed by atoms with E-state index in [9.17, 15) is 8.42 Å². The van der Waals surface area contributed by atoms with Gasteiger partial charge in [-0.1, -0.05) is 24.3 Å². The van der Waals surface area contributed by atoms with E-state index in [1.807, 2.05) is 6.42 Å². The standard InChI is InChI=1S/C12H10O2S/c13-15(14,11-7-3-1-4-8-11)12-9-5-2-6-10-12/h1,3,5-10H,4H2. The second-order valence-corrected chi connectivity index (χ2v) is 5.13.